The number of para-hydroxylation sites is 2. The third-order valence-electron chi connectivity index (χ3n) is 6.57. The van der Waals surface area contributed by atoms with E-state index in [4.69, 9.17) is 9.47 Å². The molecule has 1 unspecified atom stereocenters. The third-order valence-corrected chi connectivity index (χ3v) is 6.57. The van der Waals surface area contributed by atoms with E-state index in [1.807, 2.05) is 73.7 Å². The van der Waals surface area contributed by atoms with Crippen molar-refractivity contribution in [3.8, 4) is 17.2 Å². The highest BCUT2D eigenvalue weighted by Gasteiger charge is 2.38. The van der Waals surface area contributed by atoms with Gasteiger partial charge in [0.15, 0.2) is 17.3 Å². The van der Waals surface area contributed by atoms with Gasteiger partial charge in [0.05, 0.1) is 0 Å². The zero-order chi connectivity index (χ0) is 25.1. The van der Waals surface area contributed by atoms with Gasteiger partial charge in [0.2, 0.25) is 0 Å². The van der Waals surface area contributed by atoms with Crippen molar-refractivity contribution in [2.24, 2.45) is 5.92 Å². The summed E-state index contributed by atoms with van der Waals surface area (Å²) in [6.07, 6.45) is 2.47. The lowest BCUT2D eigenvalue weighted by atomic mass is 9.74. The molecule has 4 heteroatoms. The maximum Gasteiger partial charge on any atom is 0.169 e. The van der Waals surface area contributed by atoms with E-state index in [2.05, 4.69) is 45.1 Å². The van der Waals surface area contributed by atoms with E-state index >= 15 is 0 Å². The topological polar surface area (TPSA) is 47.6 Å². The molecule has 1 aliphatic rings. The molecule has 0 bridgehead atoms. The van der Waals surface area contributed by atoms with Crippen LogP contribution in [0.2, 0.25) is 0 Å². The molecule has 3 aromatic carbocycles. The second kappa shape index (κ2) is 10.2. The van der Waals surface area contributed by atoms with E-state index in [-0.39, 0.29) is 23.0 Å². The minimum absolute atomic E-state index is 0.0395. The molecule has 1 N–H and O–H groups in total. The van der Waals surface area contributed by atoms with Crippen LogP contribution in [-0.2, 0) is 0 Å². The molecule has 4 nitrogen and oxygen atoms in total. The molecule has 1 atom stereocenters. The van der Waals surface area contributed by atoms with E-state index < -0.39 is 0 Å². The first-order valence-corrected chi connectivity index (χ1v) is 12.5. The smallest absolute Gasteiger partial charge is 0.169 e. The Morgan fingerprint density at radius 3 is 2.06 bits per heavy atom. The maximum absolute atomic E-state index is 13.0. The van der Waals surface area contributed by atoms with Gasteiger partial charge in [-0.15, -0.1) is 0 Å². The first-order chi connectivity index (χ1) is 16.6. The molecule has 1 saturated heterocycles. The monoisotopic (exact) mass is 471 g/mol. The summed E-state index contributed by atoms with van der Waals surface area (Å²) in [4.78, 5) is 13.0. The van der Waals surface area contributed by atoms with E-state index in [0.29, 0.717) is 29.6 Å². The van der Waals surface area contributed by atoms with E-state index in [1.54, 1.807) is 0 Å². The molecule has 1 aliphatic heterocycles. The van der Waals surface area contributed by atoms with Gasteiger partial charge in [-0.1, -0.05) is 42.5 Å². The SMILES string of the molecule is CC(Oc1ccccc1Oc1ccc(C(=O)CC2CC(C)(C)NC(C)(C)C2)cc1)c1ccccc1. The van der Waals surface area contributed by atoms with Crippen molar-refractivity contribution in [1.29, 1.82) is 0 Å². The van der Waals surface area contributed by atoms with Crippen molar-refractivity contribution in [3.05, 3.63) is 90.0 Å². The van der Waals surface area contributed by atoms with Gasteiger partial charge in [-0.3, -0.25) is 4.79 Å². The fourth-order valence-corrected chi connectivity index (χ4v) is 5.51. The van der Waals surface area contributed by atoms with Crippen molar-refractivity contribution in [2.45, 2.75) is 71.1 Å². The highest BCUT2D eigenvalue weighted by molar-refractivity contribution is 5.96. The highest BCUT2D eigenvalue weighted by Crippen LogP contribution is 2.36. The first-order valence-electron chi connectivity index (χ1n) is 12.5. The lowest BCUT2D eigenvalue weighted by Gasteiger charge is -2.46. The number of carbonyl (C=O) groups is 1. The molecule has 0 amide bonds. The molecule has 0 saturated carbocycles. The van der Waals surface area contributed by atoms with Gasteiger partial charge in [-0.2, -0.15) is 0 Å². The van der Waals surface area contributed by atoms with Crippen molar-refractivity contribution < 1.29 is 14.3 Å². The van der Waals surface area contributed by atoms with Crippen molar-refractivity contribution >= 4 is 5.78 Å². The number of piperidine rings is 1. The first kappa shape index (κ1) is 25.0. The second-order valence-corrected chi connectivity index (χ2v) is 11.0. The minimum Gasteiger partial charge on any atom is -0.482 e. The predicted molar refractivity (Wildman–Crippen MR) is 141 cm³/mol. The van der Waals surface area contributed by atoms with E-state index in [0.717, 1.165) is 24.0 Å². The Morgan fingerprint density at radius 1 is 0.857 bits per heavy atom. The molecule has 184 valence electrons. The summed E-state index contributed by atoms with van der Waals surface area (Å²) in [6, 6.07) is 25.2. The highest BCUT2D eigenvalue weighted by atomic mass is 16.5. The molecule has 35 heavy (non-hydrogen) atoms. The predicted octanol–water partition coefficient (Wildman–Crippen LogP) is 7.75. The summed E-state index contributed by atoms with van der Waals surface area (Å²) in [7, 11) is 0. The van der Waals surface area contributed by atoms with Crippen LogP contribution in [0.25, 0.3) is 0 Å². The Bertz CT molecular complexity index is 1120. The molecular formula is C31H37NO3. The molecule has 1 heterocycles. The van der Waals surface area contributed by atoms with E-state index in [1.165, 1.54) is 0 Å². The minimum atomic E-state index is -0.106. The quantitative estimate of drug-likeness (QED) is 0.341. The molecular weight excluding hydrogens is 434 g/mol. The number of hydrogen-bond acceptors (Lipinski definition) is 4. The zero-order valence-electron chi connectivity index (χ0n) is 21.5. The fourth-order valence-electron chi connectivity index (χ4n) is 5.51. The number of benzene rings is 3. The van der Waals surface area contributed by atoms with Gasteiger partial charge in [-0.25, -0.2) is 0 Å². The standard InChI is InChI=1S/C31H37NO3/c1-22(24-11-7-6-8-12-24)34-28-13-9-10-14-29(28)35-26-17-15-25(16-18-26)27(33)19-23-20-30(2,3)32-31(4,5)21-23/h6-18,22-23,32H,19-21H2,1-5H3. The van der Waals surface area contributed by atoms with Crippen LogP contribution in [0.4, 0.5) is 0 Å². The number of Topliss-reactive ketones (excluding diaryl/α,β-unsaturated/α-hetero) is 1. The maximum atomic E-state index is 13.0. The summed E-state index contributed by atoms with van der Waals surface area (Å²) in [6.45, 7) is 10.9. The molecule has 0 aliphatic carbocycles. The lowest BCUT2D eigenvalue weighted by molar-refractivity contribution is 0.0864. The molecule has 0 spiro atoms. The lowest BCUT2D eigenvalue weighted by Crippen LogP contribution is -2.57. The van der Waals surface area contributed by atoms with Crippen LogP contribution in [-0.4, -0.2) is 16.9 Å². The normalized spacial score (nSPS) is 18.0. The van der Waals surface area contributed by atoms with Crippen LogP contribution >= 0.6 is 0 Å². The average Bonchev–Trinajstić information content (AvgIpc) is 2.79. The summed E-state index contributed by atoms with van der Waals surface area (Å²) in [5.74, 6) is 2.57. The van der Waals surface area contributed by atoms with Crippen LogP contribution in [0.1, 0.15) is 75.9 Å². The molecule has 4 rings (SSSR count). The van der Waals surface area contributed by atoms with Gasteiger partial charge >= 0.3 is 0 Å². The number of hydrogen-bond donors (Lipinski definition) is 1. The zero-order valence-corrected chi connectivity index (χ0v) is 21.5. The fraction of sp³-hybridized carbons (Fsp3) is 0.387. The molecule has 3 aromatic rings. The number of nitrogens with one attached hydrogen (secondary N) is 1. The Kier molecular flexibility index (Phi) is 7.32. The Balaban J connectivity index is 1.40. The largest absolute Gasteiger partial charge is 0.482 e. The van der Waals surface area contributed by atoms with Gasteiger partial charge in [0.1, 0.15) is 11.9 Å². The second-order valence-electron chi connectivity index (χ2n) is 11.0. The third kappa shape index (κ3) is 6.73. The molecule has 0 aromatic heterocycles. The number of ether oxygens (including phenoxy) is 2. The van der Waals surface area contributed by atoms with Gasteiger partial charge < -0.3 is 14.8 Å². The van der Waals surface area contributed by atoms with Gasteiger partial charge in [0, 0.05) is 23.1 Å². The summed E-state index contributed by atoms with van der Waals surface area (Å²) in [5.41, 5.74) is 1.91. The average molecular weight is 472 g/mol. The Morgan fingerprint density at radius 2 is 1.43 bits per heavy atom. The van der Waals surface area contributed by atoms with E-state index in [9.17, 15) is 4.79 Å². The van der Waals surface area contributed by atoms with Crippen LogP contribution in [0.3, 0.4) is 0 Å². The summed E-state index contributed by atoms with van der Waals surface area (Å²) >= 11 is 0. The van der Waals surface area contributed by atoms with Crippen molar-refractivity contribution in [2.75, 3.05) is 0 Å². The van der Waals surface area contributed by atoms with Crippen molar-refractivity contribution in [1.82, 2.24) is 5.32 Å². The van der Waals surface area contributed by atoms with Crippen LogP contribution in [0, 0.1) is 5.92 Å². The van der Waals surface area contributed by atoms with Gasteiger partial charge in [-0.05, 0) is 95.3 Å². The Hall–Kier alpha value is -3.11. The molecule has 0 radical (unpaired) electrons. The number of ketones is 1. The van der Waals surface area contributed by atoms with Crippen molar-refractivity contribution in [3.63, 3.8) is 0 Å². The Labute approximate surface area is 209 Å². The van der Waals surface area contributed by atoms with Gasteiger partial charge in [0.25, 0.3) is 0 Å². The van der Waals surface area contributed by atoms with Crippen LogP contribution in [0.15, 0.2) is 78.9 Å². The summed E-state index contributed by atoms with van der Waals surface area (Å²) in [5, 5.41) is 3.69. The number of carbonyl (C=O) groups excluding carboxylic acids is 1. The van der Waals surface area contributed by atoms with Crippen LogP contribution < -0.4 is 14.8 Å². The number of rotatable bonds is 8. The molecule has 1 fully saturated rings. The van der Waals surface area contributed by atoms with Crippen LogP contribution in [0.5, 0.6) is 17.2 Å². The summed E-state index contributed by atoms with van der Waals surface area (Å²) < 4.78 is 12.3.